The van der Waals surface area contributed by atoms with E-state index in [9.17, 15) is 0 Å². The van der Waals surface area contributed by atoms with E-state index in [0.717, 1.165) is 28.0 Å². The second-order valence-electron chi connectivity index (χ2n) is 6.26. The fourth-order valence-corrected chi connectivity index (χ4v) is 3.93. The molecule has 0 aliphatic rings. The zero-order chi connectivity index (χ0) is 18.6. The molecule has 0 fully saturated rings. The zero-order valence-electron chi connectivity index (χ0n) is 14.8. The van der Waals surface area contributed by atoms with Crippen molar-refractivity contribution in [2.75, 3.05) is 0 Å². The molecule has 3 nitrogen and oxygen atoms in total. The van der Waals surface area contributed by atoms with Crippen LogP contribution in [0.5, 0.6) is 0 Å². The van der Waals surface area contributed by atoms with Crippen molar-refractivity contribution in [1.82, 2.24) is 14.8 Å². The summed E-state index contributed by atoms with van der Waals surface area (Å²) in [5.41, 5.74) is 4.56. The Morgan fingerprint density at radius 1 is 0.889 bits per heavy atom. The third-order valence-electron chi connectivity index (χ3n) is 4.20. The minimum atomic E-state index is 0.707. The van der Waals surface area contributed by atoms with E-state index in [1.165, 1.54) is 11.1 Å². The normalized spacial score (nSPS) is 10.9. The Morgan fingerprint density at radius 3 is 2.41 bits per heavy atom. The monoisotopic (exact) mass is 391 g/mol. The van der Waals surface area contributed by atoms with Gasteiger partial charge in [0.15, 0.2) is 11.0 Å². The molecular formula is C22H18ClN3S. The quantitative estimate of drug-likeness (QED) is 0.380. The van der Waals surface area contributed by atoms with E-state index in [4.69, 9.17) is 11.6 Å². The van der Waals surface area contributed by atoms with E-state index in [0.29, 0.717) is 5.02 Å². The van der Waals surface area contributed by atoms with Crippen molar-refractivity contribution in [3.05, 3.63) is 95.0 Å². The first-order valence-electron chi connectivity index (χ1n) is 8.66. The molecule has 1 aromatic heterocycles. The zero-order valence-corrected chi connectivity index (χ0v) is 16.4. The first kappa shape index (κ1) is 17.8. The Labute approximate surface area is 168 Å². The lowest BCUT2D eigenvalue weighted by Crippen LogP contribution is -1.99. The lowest BCUT2D eigenvalue weighted by Gasteiger charge is -2.10. The van der Waals surface area contributed by atoms with E-state index in [2.05, 4.69) is 58.1 Å². The summed E-state index contributed by atoms with van der Waals surface area (Å²) in [7, 11) is 0. The highest BCUT2D eigenvalue weighted by atomic mass is 35.5. The van der Waals surface area contributed by atoms with Crippen LogP contribution in [0.4, 0.5) is 0 Å². The van der Waals surface area contributed by atoms with Crippen molar-refractivity contribution < 1.29 is 0 Å². The van der Waals surface area contributed by atoms with Crippen molar-refractivity contribution in [3.8, 4) is 17.1 Å². The summed E-state index contributed by atoms with van der Waals surface area (Å²) < 4.78 is 2.10. The Bertz CT molecular complexity index is 1040. The lowest BCUT2D eigenvalue weighted by molar-refractivity contribution is 0.886. The van der Waals surface area contributed by atoms with Gasteiger partial charge in [0.05, 0.1) is 0 Å². The number of benzene rings is 3. The molecule has 134 valence electrons. The van der Waals surface area contributed by atoms with Gasteiger partial charge < -0.3 is 0 Å². The number of nitrogens with zero attached hydrogens (tertiary/aromatic N) is 3. The summed E-state index contributed by atoms with van der Waals surface area (Å²) >= 11 is 7.73. The number of aromatic nitrogens is 3. The van der Waals surface area contributed by atoms with Gasteiger partial charge in [-0.05, 0) is 48.9 Å². The van der Waals surface area contributed by atoms with Gasteiger partial charge in [-0.1, -0.05) is 71.4 Å². The Balaban J connectivity index is 1.72. The molecule has 4 aromatic rings. The summed E-state index contributed by atoms with van der Waals surface area (Å²) in [5, 5.41) is 10.5. The molecule has 0 atom stereocenters. The molecular weight excluding hydrogens is 374 g/mol. The highest BCUT2D eigenvalue weighted by Gasteiger charge is 2.16. The van der Waals surface area contributed by atoms with E-state index in [-0.39, 0.29) is 0 Å². The average Bonchev–Trinajstić information content (AvgIpc) is 3.12. The summed E-state index contributed by atoms with van der Waals surface area (Å²) in [6.45, 7) is 2.11. The molecule has 27 heavy (non-hydrogen) atoms. The summed E-state index contributed by atoms with van der Waals surface area (Å²) in [4.78, 5) is 0. The summed E-state index contributed by atoms with van der Waals surface area (Å²) in [6, 6.07) is 26.4. The molecule has 0 aliphatic carbocycles. The van der Waals surface area contributed by atoms with Crippen LogP contribution < -0.4 is 0 Å². The fourth-order valence-electron chi connectivity index (χ4n) is 2.91. The maximum Gasteiger partial charge on any atom is 0.196 e. The van der Waals surface area contributed by atoms with E-state index < -0.39 is 0 Å². The summed E-state index contributed by atoms with van der Waals surface area (Å²) in [5.74, 6) is 1.65. The number of hydrogen-bond acceptors (Lipinski definition) is 3. The second kappa shape index (κ2) is 7.99. The molecule has 0 spiro atoms. The van der Waals surface area contributed by atoms with Gasteiger partial charge >= 0.3 is 0 Å². The van der Waals surface area contributed by atoms with Crippen molar-refractivity contribution >= 4 is 23.4 Å². The number of para-hydroxylation sites is 1. The van der Waals surface area contributed by atoms with Crippen molar-refractivity contribution in [2.45, 2.75) is 17.8 Å². The third kappa shape index (κ3) is 4.07. The van der Waals surface area contributed by atoms with Crippen LogP contribution in [0.15, 0.2) is 84.0 Å². The van der Waals surface area contributed by atoms with Crippen LogP contribution in [-0.4, -0.2) is 14.8 Å². The largest absolute Gasteiger partial charge is 0.270 e. The standard InChI is InChI=1S/C22H18ClN3S/c1-16-6-5-7-17(14-16)15-27-22-25-24-21(18-10-12-19(23)13-11-18)26(22)20-8-3-2-4-9-20/h2-14H,15H2,1H3. The highest BCUT2D eigenvalue weighted by Crippen LogP contribution is 2.30. The molecule has 3 aromatic carbocycles. The number of hydrogen-bond donors (Lipinski definition) is 0. The van der Waals surface area contributed by atoms with Gasteiger partial charge in [0, 0.05) is 22.0 Å². The molecule has 0 bridgehead atoms. The number of thioether (sulfide) groups is 1. The van der Waals surface area contributed by atoms with Crippen LogP contribution in [0.2, 0.25) is 5.02 Å². The van der Waals surface area contributed by atoms with Gasteiger partial charge in [0.1, 0.15) is 0 Å². The molecule has 0 saturated heterocycles. The predicted molar refractivity (Wildman–Crippen MR) is 113 cm³/mol. The van der Waals surface area contributed by atoms with Gasteiger partial charge in [-0.3, -0.25) is 4.57 Å². The van der Waals surface area contributed by atoms with Crippen LogP contribution >= 0.6 is 23.4 Å². The van der Waals surface area contributed by atoms with Crippen molar-refractivity contribution in [2.24, 2.45) is 0 Å². The minimum Gasteiger partial charge on any atom is -0.270 e. The first-order valence-corrected chi connectivity index (χ1v) is 10.0. The number of aryl methyl sites for hydroxylation is 1. The predicted octanol–water partition coefficient (Wildman–Crippen LogP) is 6.19. The maximum absolute atomic E-state index is 6.04. The Hall–Kier alpha value is -2.56. The fraction of sp³-hybridized carbons (Fsp3) is 0.0909. The van der Waals surface area contributed by atoms with Gasteiger partial charge in [0.2, 0.25) is 0 Å². The minimum absolute atomic E-state index is 0.707. The molecule has 1 heterocycles. The Morgan fingerprint density at radius 2 is 1.67 bits per heavy atom. The van der Waals surface area contributed by atoms with E-state index in [1.54, 1.807) is 11.8 Å². The van der Waals surface area contributed by atoms with Gasteiger partial charge in [-0.2, -0.15) is 0 Å². The molecule has 0 aliphatic heterocycles. The molecule has 0 unspecified atom stereocenters. The van der Waals surface area contributed by atoms with E-state index >= 15 is 0 Å². The average molecular weight is 392 g/mol. The molecule has 0 saturated carbocycles. The smallest absolute Gasteiger partial charge is 0.196 e. The molecule has 0 amide bonds. The highest BCUT2D eigenvalue weighted by molar-refractivity contribution is 7.98. The van der Waals surface area contributed by atoms with Crippen LogP contribution in [0.3, 0.4) is 0 Å². The van der Waals surface area contributed by atoms with Crippen molar-refractivity contribution in [1.29, 1.82) is 0 Å². The van der Waals surface area contributed by atoms with Gasteiger partial charge in [0.25, 0.3) is 0 Å². The van der Waals surface area contributed by atoms with E-state index in [1.807, 2.05) is 42.5 Å². The van der Waals surface area contributed by atoms with Crippen LogP contribution in [0, 0.1) is 6.92 Å². The SMILES string of the molecule is Cc1cccc(CSc2nnc(-c3ccc(Cl)cc3)n2-c2ccccc2)c1. The van der Waals surface area contributed by atoms with Crippen LogP contribution in [0.25, 0.3) is 17.1 Å². The van der Waals surface area contributed by atoms with Gasteiger partial charge in [-0.15, -0.1) is 10.2 Å². The Kier molecular flexibility index (Phi) is 5.28. The topological polar surface area (TPSA) is 30.7 Å². The van der Waals surface area contributed by atoms with Crippen LogP contribution in [-0.2, 0) is 5.75 Å². The molecule has 0 radical (unpaired) electrons. The second-order valence-corrected chi connectivity index (χ2v) is 7.64. The molecule has 5 heteroatoms. The van der Waals surface area contributed by atoms with Crippen molar-refractivity contribution in [3.63, 3.8) is 0 Å². The molecule has 0 N–H and O–H groups in total. The third-order valence-corrected chi connectivity index (χ3v) is 5.45. The lowest BCUT2D eigenvalue weighted by atomic mass is 10.2. The van der Waals surface area contributed by atoms with Gasteiger partial charge in [-0.25, -0.2) is 0 Å². The summed E-state index contributed by atoms with van der Waals surface area (Å²) in [6.07, 6.45) is 0. The first-order chi connectivity index (χ1) is 13.2. The van der Waals surface area contributed by atoms with Crippen LogP contribution in [0.1, 0.15) is 11.1 Å². The number of rotatable bonds is 5. The number of halogens is 1. The molecule has 4 rings (SSSR count). The maximum atomic E-state index is 6.04.